The highest BCUT2D eigenvalue weighted by Crippen LogP contribution is 2.21. The van der Waals surface area contributed by atoms with Gasteiger partial charge in [-0.15, -0.1) is 0 Å². The van der Waals surface area contributed by atoms with E-state index in [0.29, 0.717) is 36.0 Å². The van der Waals surface area contributed by atoms with Crippen LogP contribution >= 0.6 is 11.6 Å². The Balaban J connectivity index is 1.75. The van der Waals surface area contributed by atoms with Gasteiger partial charge in [0.25, 0.3) is 0 Å². The van der Waals surface area contributed by atoms with Gasteiger partial charge in [-0.25, -0.2) is 4.98 Å². The van der Waals surface area contributed by atoms with E-state index in [4.69, 9.17) is 16.3 Å². The van der Waals surface area contributed by atoms with Gasteiger partial charge in [0.2, 0.25) is 5.95 Å². The summed E-state index contributed by atoms with van der Waals surface area (Å²) in [5.74, 6) is 1.27. The molecule has 1 fully saturated rings. The molecular weight excluding hydrogens is 276 g/mol. The molecule has 0 spiro atoms. The van der Waals surface area contributed by atoms with Crippen LogP contribution in [0.15, 0.2) is 6.20 Å². The minimum Gasteiger partial charge on any atom is -0.376 e. The summed E-state index contributed by atoms with van der Waals surface area (Å²) in [6.45, 7) is 4.34. The molecule has 0 aliphatic heterocycles. The fourth-order valence-corrected chi connectivity index (χ4v) is 2.42. The topological polar surface area (TPSA) is 59.1 Å². The maximum Gasteiger partial charge on any atom is 0.224 e. The monoisotopic (exact) mass is 298 g/mol. The van der Waals surface area contributed by atoms with Crippen LogP contribution in [0.2, 0.25) is 5.02 Å². The molecule has 0 amide bonds. The summed E-state index contributed by atoms with van der Waals surface area (Å²) < 4.78 is 5.80. The van der Waals surface area contributed by atoms with Crippen molar-refractivity contribution in [2.75, 3.05) is 30.3 Å². The summed E-state index contributed by atoms with van der Waals surface area (Å²) in [7, 11) is 0. The van der Waals surface area contributed by atoms with Gasteiger partial charge in [0.15, 0.2) is 5.82 Å². The molecule has 2 rings (SSSR count). The number of rotatable bonds is 8. The zero-order valence-corrected chi connectivity index (χ0v) is 12.7. The number of nitrogens with one attached hydrogen (secondary N) is 2. The molecule has 20 heavy (non-hydrogen) atoms. The fourth-order valence-electron chi connectivity index (χ4n) is 2.26. The maximum absolute atomic E-state index is 6.08. The molecule has 1 saturated carbocycles. The lowest BCUT2D eigenvalue weighted by atomic mass is 10.3. The van der Waals surface area contributed by atoms with Crippen molar-refractivity contribution in [1.82, 2.24) is 9.97 Å². The normalized spacial score (nSPS) is 15.5. The molecule has 112 valence electrons. The van der Waals surface area contributed by atoms with Crippen molar-refractivity contribution < 1.29 is 4.74 Å². The Bertz CT molecular complexity index is 410. The molecular formula is C14H23ClN4O. The number of ether oxygens (including phenoxy) is 1. The van der Waals surface area contributed by atoms with Crippen LogP contribution in [0.1, 0.15) is 39.0 Å². The molecule has 0 saturated heterocycles. The lowest BCUT2D eigenvalue weighted by Gasteiger charge is -2.13. The lowest BCUT2D eigenvalue weighted by molar-refractivity contribution is 0.0659. The number of aromatic nitrogens is 2. The van der Waals surface area contributed by atoms with Crippen molar-refractivity contribution in [2.24, 2.45) is 0 Å². The van der Waals surface area contributed by atoms with E-state index in [1.54, 1.807) is 6.20 Å². The minimum atomic E-state index is 0.444. The number of nitrogens with zero attached hydrogens (tertiary/aromatic N) is 2. The summed E-state index contributed by atoms with van der Waals surface area (Å²) in [5, 5.41) is 6.89. The van der Waals surface area contributed by atoms with E-state index in [9.17, 15) is 0 Å². The average Bonchev–Trinajstić information content (AvgIpc) is 2.97. The van der Waals surface area contributed by atoms with Crippen molar-refractivity contribution in [2.45, 2.75) is 45.1 Å². The molecule has 5 nitrogen and oxygen atoms in total. The zero-order chi connectivity index (χ0) is 14.2. The summed E-state index contributed by atoms with van der Waals surface area (Å²) in [6.07, 6.45) is 8.07. The van der Waals surface area contributed by atoms with Gasteiger partial charge in [0.1, 0.15) is 5.02 Å². The number of hydrogen-bond donors (Lipinski definition) is 2. The van der Waals surface area contributed by atoms with Crippen LogP contribution in [0.5, 0.6) is 0 Å². The van der Waals surface area contributed by atoms with Gasteiger partial charge in [0.05, 0.1) is 18.9 Å². The Morgan fingerprint density at radius 1 is 1.30 bits per heavy atom. The van der Waals surface area contributed by atoms with Gasteiger partial charge < -0.3 is 15.4 Å². The highest BCUT2D eigenvalue weighted by molar-refractivity contribution is 6.32. The molecule has 1 heterocycles. The first-order valence-corrected chi connectivity index (χ1v) is 7.79. The minimum absolute atomic E-state index is 0.444. The first-order chi connectivity index (χ1) is 9.79. The van der Waals surface area contributed by atoms with Crippen LogP contribution < -0.4 is 10.6 Å². The van der Waals surface area contributed by atoms with Crippen LogP contribution in [0.3, 0.4) is 0 Å². The number of halogens is 1. The Morgan fingerprint density at radius 3 is 2.85 bits per heavy atom. The van der Waals surface area contributed by atoms with Crippen molar-refractivity contribution in [3.8, 4) is 0 Å². The summed E-state index contributed by atoms with van der Waals surface area (Å²) >= 11 is 6.08. The maximum atomic E-state index is 6.08. The van der Waals surface area contributed by atoms with Crippen LogP contribution in [-0.4, -0.2) is 35.8 Å². The summed E-state index contributed by atoms with van der Waals surface area (Å²) in [6, 6.07) is 0. The first-order valence-electron chi connectivity index (χ1n) is 7.41. The Morgan fingerprint density at radius 2 is 2.10 bits per heavy atom. The van der Waals surface area contributed by atoms with Crippen molar-refractivity contribution >= 4 is 23.4 Å². The van der Waals surface area contributed by atoms with Gasteiger partial charge in [-0.1, -0.05) is 31.4 Å². The third-order valence-corrected chi connectivity index (χ3v) is 3.60. The van der Waals surface area contributed by atoms with Crippen molar-refractivity contribution in [1.29, 1.82) is 0 Å². The van der Waals surface area contributed by atoms with E-state index < -0.39 is 0 Å². The fraction of sp³-hybridized carbons (Fsp3) is 0.714. The van der Waals surface area contributed by atoms with Gasteiger partial charge in [-0.05, 0) is 19.3 Å². The molecule has 0 aromatic carbocycles. The predicted molar refractivity (Wildman–Crippen MR) is 82.5 cm³/mol. The predicted octanol–water partition coefficient (Wildman–Crippen LogP) is 3.32. The lowest BCUT2D eigenvalue weighted by Crippen LogP contribution is -2.16. The molecule has 0 bridgehead atoms. The molecule has 1 aromatic heterocycles. The Hall–Kier alpha value is -1.07. The number of hydrogen-bond acceptors (Lipinski definition) is 5. The third kappa shape index (κ3) is 4.80. The van der Waals surface area contributed by atoms with Crippen LogP contribution in [0.4, 0.5) is 11.8 Å². The van der Waals surface area contributed by atoms with Gasteiger partial charge in [0, 0.05) is 13.1 Å². The standard InChI is InChI=1S/C14H23ClN4O/c1-2-7-17-14-18-10-12(15)13(19-14)16-8-9-20-11-5-3-4-6-11/h10-11H,2-9H2,1H3,(H2,16,17,18,19). The highest BCUT2D eigenvalue weighted by atomic mass is 35.5. The second-order valence-electron chi connectivity index (χ2n) is 5.02. The zero-order valence-electron chi connectivity index (χ0n) is 12.0. The molecule has 1 aliphatic carbocycles. The van der Waals surface area contributed by atoms with Crippen LogP contribution in [0, 0.1) is 0 Å². The average molecular weight is 299 g/mol. The SMILES string of the molecule is CCCNc1ncc(Cl)c(NCCOC2CCCC2)n1. The smallest absolute Gasteiger partial charge is 0.224 e. The largest absolute Gasteiger partial charge is 0.376 e. The third-order valence-electron chi connectivity index (χ3n) is 3.33. The van der Waals surface area contributed by atoms with Gasteiger partial charge in [-0.2, -0.15) is 4.98 Å². The Kier molecular flexibility index (Phi) is 6.33. The molecule has 1 aromatic rings. The van der Waals surface area contributed by atoms with E-state index in [1.807, 2.05) is 0 Å². The molecule has 2 N–H and O–H groups in total. The first kappa shape index (κ1) is 15.3. The molecule has 0 radical (unpaired) electrons. The molecule has 1 aliphatic rings. The highest BCUT2D eigenvalue weighted by Gasteiger charge is 2.14. The van der Waals surface area contributed by atoms with E-state index in [2.05, 4.69) is 27.5 Å². The van der Waals surface area contributed by atoms with E-state index in [1.165, 1.54) is 25.7 Å². The second-order valence-corrected chi connectivity index (χ2v) is 5.43. The number of anilines is 2. The van der Waals surface area contributed by atoms with E-state index in [-0.39, 0.29) is 0 Å². The van der Waals surface area contributed by atoms with Crippen LogP contribution in [0.25, 0.3) is 0 Å². The Labute approximate surface area is 125 Å². The van der Waals surface area contributed by atoms with Crippen molar-refractivity contribution in [3.05, 3.63) is 11.2 Å². The van der Waals surface area contributed by atoms with E-state index in [0.717, 1.165) is 13.0 Å². The quantitative estimate of drug-likeness (QED) is 0.721. The molecule has 6 heteroatoms. The summed E-state index contributed by atoms with van der Waals surface area (Å²) in [4.78, 5) is 8.50. The van der Waals surface area contributed by atoms with Crippen LogP contribution in [-0.2, 0) is 4.74 Å². The summed E-state index contributed by atoms with van der Waals surface area (Å²) in [5.41, 5.74) is 0. The van der Waals surface area contributed by atoms with Crippen molar-refractivity contribution in [3.63, 3.8) is 0 Å². The van der Waals surface area contributed by atoms with Gasteiger partial charge >= 0.3 is 0 Å². The molecule has 0 atom stereocenters. The second kappa shape index (κ2) is 8.27. The van der Waals surface area contributed by atoms with Gasteiger partial charge in [-0.3, -0.25) is 0 Å². The van der Waals surface area contributed by atoms with E-state index >= 15 is 0 Å². The molecule has 0 unspecified atom stereocenters.